The molecule has 0 atom stereocenters. The quantitative estimate of drug-likeness (QED) is 0.261. The first-order chi connectivity index (χ1) is 12.2. The summed E-state index contributed by atoms with van der Waals surface area (Å²) in [4.78, 5) is 4.14. The molecule has 2 aromatic rings. The molecule has 0 bridgehead atoms. The molecule has 0 saturated heterocycles. The Bertz CT molecular complexity index is 669. The Hall–Kier alpha value is -1.90. The normalized spacial score (nSPS) is 11.0. The maximum atomic E-state index is 12.4. The van der Waals surface area contributed by atoms with E-state index in [9.17, 15) is 8.78 Å². The molecule has 0 aromatic heterocycles. The van der Waals surface area contributed by atoms with Crippen molar-refractivity contribution in [1.82, 2.24) is 10.6 Å². The zero-order valence-electron chi connectivity index (χ0n) is 14.6. The molecule has 4 nitrogen and oxygen atoms in total. The summed E-state index contributed by atoms with van der Waals surface area (Å²) < 4.78 is 29.4. The molecule has 0 saturated carbocycles. The Kier molecular flexibility index (Phi) is 10.6. The lowest BCUT2D eigenvalue weighted by Gasteiger charge is -2.14. The van der Waals surface area contributed by atoms with Crippen LogP contribution in [0.1, 0.15) is 17.5 Å². The standard InChI is InChI=1S/C19H23F2N3O.HI/c1-22-19(23-13-7-10-15-8-3-2-4-9-15)24-14-16-11-5-6-12-17(16)25-18(20)21;/h2-6,8-9,11-12,18H,7,10,13-14H2,1H3,(H2,22,23,24);1H. The number of nitrogens with one attached hydrogen (secondary N) is 2. The maximum Gasteiger partial charge on any atom is 0.387 e. The highest BCUT2D eigenvalue weighted by Crippen LogP contribution is 2.19. The molecule has 2 N–H and O–H groups in total. The fourth-order valence-corrected chi connectivity index (χ4v) is 2.40. The van der Waals surface area contributed by atoms with Crippen LogP contribution in [0.4, 0.5) is 8.78 Å². The van der Waals surface area contributed by atoms with Crippen molar-refractivity contribution >= 4 is 29.9 Å². The summed E-state index contributed by atoms with van der Waals surface area (Å²) in [6.07, 6.45) is 1.95. The van der Waals surface area contributed by atoms with Gasteiger partial charge in [0.05, 0.1) is 0 Å². The molecule has 2 rings (SSSR count). The van der Waals surface area contributed by atoms with Gasteiger partial charge in [0.25, 0.3) is 0 Å². The van der Waals surface area contributed by atoms with Gasteiger partial charge in [0, 0.05) is 25.7 Å². The molecule has 7 heteroatoms. The van der Waals surface area contributed by atoms with Crippen molar-refractivity contribution in [3.63, 3.8) is 0 Å². The summed E-state index contributed by atoms with van der Waals surface area (Å²) in [7, 11) is 1.67. The number of para-hydroxylation sites is 1. The fraction of sp³-hybridized carbons (Fsp3) is 0.316. The molecule has 0 aliphatic heterocycles. The van der Waals surface area contributed by atoms with Crippen molar-refractivity contribution in [2.45, 2.75) is 26.0 Å². The minimum Gasteiger partial charge on any atom is -0.434 e. The number of ether oxygens (including phenoxy) is 1. The minimum atomic E-state index is -2.84. The van der Waals surface area contributed by atoms with Crippen LogP contribution in [0.15, 0.2) is 59.6 Å². The van der Waals surface area contributed by atoms with Crippen LogP contribution >= 0.6 is 24.0 Å². The van der Waals surface area contributed by atoms with Gasteiger partial charge in [-0.25, -0.2) is 0 Å². The summed E-state index contributed by atoms with van der Waals surface area (Å²) in [5.74, 6) is 0.796. The number of nitrogens with zero attached hydrogens (tertiary/aromatic N) is 1. The van der Waals surface area contributed by atoms with E-state index in [1.165, 1.54) is 11.6 Å². The van der Waals surface area contributed by atoms with Crippen molar-refractivity contribution in [3.8, 4) is 5.75 Å². The number of aliphatic imine (C=N–C) groups is 1. The largest absolute Gasteiger partial charge is 0.434 e. The molecule has 2 aromatic carbocycles. The van der Waals surface area contributed by atoms with E-state index < -0.39 is 6.61 Å². The van der Waals surface area contributed by atoms with Gasteiger partial charge in [0.1, 0.15) is 5.75 Å². The Balaban J connectivity index is 0.00000338. The number of halogens is 3. The summed E-state index contributed by atoms with van der Waals surface area (Å²) >= 11 is 0. The Morgan fingerprint density at radius 2 is 1.73 bits per heavy atom. The predicted molar refractivity (Wildman–Crippen MR) is 111 cm³/mol. The second kappa shape index (κ2) is 12.5. The average molecular weight is 475 g/mol. The Morgan fingerprint density at radius 3 is 2.42 bits per heavy atom. The molecule has 142 valence electrons. The van der Waals surface area contributed by atoms with E-state index in [0.717, 1.165) is 19.4 Å². The number of aryl methyl sites for hydroxylation is 1. The topological polar surface area (TPSA) is 45.7 Å². The van der Waals surface area contributed by atoms with E-state index in [2.05, 4.69) is 32.5 Å². The lowest BCUT2D eigenvalue weighted by molar-refractivity contribution is -0.0504. The van der Waals surface area contributed by atoms with Crippen LogP contribution in [-0.2, 0) is 13.0 Å². The van der Waals surface area contributed by atoms with Gasteiger partial charge in [0.15, 0.2) is 5.96 Å². The second-order valence-electron chi connectivity index (χ2n) is 5.43. The van der Waals surface area contributed by atoms with Gasteiger partial charge in [-0.3, -0.25) is 4.99 Å². The highest BCUT2D eigenvalue weighted by molar-refractivity contribution is 14.0. The van der Waals surface area contributed by atoms with E-state index in [-0.39, 0.29) is 29.7 Å². The maximum absolute atomic E-state index is 12.4. The zero-order valence-corrected chi connectivity index (χ0v) is 17.0. The summed E-state index contributed by atoms with van der Waals surface area (Å²) in [5, 5.41) is 6.33. The molecule has 0 fully saturated rings. The van der Waals surface area contributed by atoms with E-state index in [4.69, 9.17) is 0 Å². The molecular formula is C19H24F2IN3O. The minimum absolute atomic E-state index is 0. The molecule has 0 unspecified atom stereocenters. The second-order valence-corrected chi connectivity index (χ2v) is 5.43. The third-order valence-electron chi connectivity index (χ3n) is 3.64. The average Bonchev–Trinajstić information content (AvgIpc) is 2.62. The number of guanidine groups is 1. The van der Waals surface area contributed by atoms with Crippen LogP contribution in [0.3, 0.4) is 0 Å². The van der Waals surface area contributed by atoms with E-state index >= 15 is 0 Å². The summed E-state index contributed by atoms with van der Waals surface area (Å²) in [6.45, 7) is -1.72. The van der Waals surface area contributed by atoms with Crippen molar-refractivity contribution in [2.75, 3.05) is 13.6 Å². The number of hydrogen-bond acceptors (Lipinski definition) is 2. The number of rotatable bonds is 8. The lowest BCUT2D eigenvalue weighted by Crippen LogP contribution is -2.37. The molecule has 0 aliphatic rings. The third kappa shape index (κ3) is 7.99. The van der Waals surface area contributed by atoms with E-state index in [1.54, 1.807) is 25.2 Å². The van der Waals surface area contributed by atoms with Gasteiger partial charge in [-0.15, -0.1) is 24.0 Å². The SMILES string of the molecule is CN=C(NCCCc1ccccc1)NCc1ccccc1OC(F)F.I. The van der Waals surface area contributed by atoms with Crippen LogP contribution < -0.4 is 15.4 Å². The first kappa shape index (κ1) is 22.1. The van der Waals surface area contributed by atoms with Crippen LogP contribution in [0.2, 0.25) is 0 Å². The molecular weight excluding hydrogens is 451 g/mol. The van der Waals surface area contributed by atoms with Gasteiger partial charge in [-0.1, -0.05) is 48.5 Å². The Labute approximate surface area is 170 Å². The zero-order chi connectivity index (χ0) is 17.9. The molecule has 0 radical (unpaired) electrons. The van der Waals surface area contributed by atoms with Gasteiger partial charge in [0.2, 0.25) is 0 Å². The van der Waals surface area contributed by atoms with Crippen molar-refractivity contribution in [2.24, 2.45) is 4.99 Å². The first-order valence-corrected chi connectivity index (χ1v) is 8.20. The molecule has 0 spiro atoms. The molecule has 0 heterocycles. The van der Waals surface area contributed by atoms with Gasteiger partial charge < -0.3 is 15.4 Å². The molecule has 26 heavy (non-hydrogen) atoms. The molecule has 0 aliphatic carbocycles. The van der Waals surface area contributed by atoms with Crippen molar-refractivity contribution in [1.29, 1.82) is 0 Å². The van der Waals surface area contributed by atoms with Crippen molar-refractivity contribution in [3.05, 3.63) is 65.7 Å². The predicted octanol–water partition coefficient (Wildman–Crippen LogP) is 4.20. The van der Waals surface area contributed by atoms with Gasteiger partial charge in [-0.05, 0) is 24.5 Å². The number of benzene rings is 2. The Morgan fingerprint density at radius 1 is 1.04 bits per heavy atom. The third-order valence-corrected chi connectivity index (χ3v) is 3.64. The van der Waals surface area contributed by atoms with Gasteiger partial charge in [-0.2, -0.15) is 8.78 Å². The van der Waals surface area contributed by atoms with E-state index in [1.807, 2.05) is 18.2 Å². The highest BCUT2D eigenvalue weighted by Gasteiger charge is 2.09. The lowest BCUT2D eigenvalue weighted by atomic mass is 10.1. The first-order valence-electron chi connectivity index (χ1n) is 8.20. The summed E-state index contributed by atoms with van der Waals surface area (Å²) in [5.41, 5.74) is 1.94. The molecule has 0 amide bonds. The van der Waals surface area contributed by atoms with E-state index in [0.29, 0.717) is 18.1 Å². The smallest absolute Gasteiger partial charge is 0.387 e. The summed E-state index contributed by atoms with van der Waals surface area (Å²) in [6, 6.07) is 17.0. The highest BCUT2D eigenvalue weighted by atomic mass is 127. The monoisotopic (exact) mass is 475 g/mol. The van der Waals surface area contributed by atoms with Crippen LogP contribution in [0.25, 0.3) is 0 Å². The van der Waals surface area contributed by atoms with Crippen LogP contribution in [0.5, 0.6) is 5.75 Å². The van der Waals surface area contributed by atoms with Crippen molar-refractivity contribution < 1.29 is 13.5 Å². The van der Waals surface area contributed by atoms with Crippen LogP contribution in [-0.4, -0.2) is 26.2 Å². The number of alkyl halides is 2. The van der Waals surface area contributed by atoms with Crippen LogP contribution in [0, 0.1) is 0 Å². The number of hydrogen-bond donors (Lipinski definition) is 2. The van der Waals surface area contributed by atoms with Gasteiger partial charge >= 0.3 is 6.61 Å². The fourth-order valence-electron chi connectivity index (χ4n) is 2.40.